The van der Waals surface area contributed by atoms with E-state index in [1.54, 1.807) is 23.5 Å². The molecule has 20 heavy (non-hydrogen) atoms. The molecule has 0 aliphatic rings. The first-order valence-corrected chi connectivity index (χ1v) is 7.07. The van der Waals surface area contributed by atoms with Crippen molar-refractivity contribution in [1.29, 1.82) is 0 Å². The van der Waals surface area contributed by atoms with Crippen LogP contribution in [0, 0.1) is 0 Å². The SMILES string of the molecule is COc1ccc(CNc2ccc3scnc3c2)cc1O. The van der Waals surface area contributed by atoms with Crippen molar-refractivity contribution in [3.63, 3.8) is 0 Å². The van der Waals surface area contributed by atoms with Gasteiger partial charge in [0.25, 0.3) is 0 Å². The van der Waals surface area contributed by atoms with E-state index in [9.17, 15) is 5.11 Å². The molecule has 5 heteroatoms. The van der Waals surface area contributed by atoms with Crippen LogP contribution in [-0.4, -0.2) is 17.2 Å². The third-order valence-electron chi connectivity index (χ3n) is 3.07. The zero-order valence-corrected chi connectivity index (χ0v) is 11.8. The maximum Gasteiger partial charge on any atom is 0.160 e. The monoisotopic (exact) mass is 286 g/mol. The van der Waals surface area contributed by atoms with Gasteiger partial charge in [-0.25, -0.2) is 4.98 Å². The van der Waals surface area contributed by atoms with E-state index in [1.165, 1.54) is 11.8 Å². The van der Waals surface area contributed by atoms with Gasteiger partial charge < -0.3 is 15.2 Å². The predicted molar refractivity (Wildman–Crippen MR) is 81.6 cm³/mol. The lowest BCUT2D eigenvalue weighted by Gasteiger charge is -2.08. The van der Waals surface area contributed by atoms with Gasteiger partial charge in [0.15, 0.2) is 11.5 Å². The molecule has 0 unspecified atom stereocenters. The highest BCUT2D eigenvalue weighted by molar-refractivity contribution is 7.16. The van der Waals surface area contributed by atoms with Gasteiger partial charge in [-0.1, -0.05) is 6.07 Å². The Morgan fingerprint density at radius 1 is 1.25 bits per heavy atom. The van der Waals surface area contributed by atoms with E-state index in [4.69, 9.17) is 4.74 Å². The van der Waals surface area contributed by atoms with Crippen molar-refractivity contribution >= 4 is 27.2 Å². The highest BCUT2D eigenvalue weighted by atomic mass is 32.1. The lowest BCUT2D eigenvalue weighted by atomic mass is 10.2. The zero-order valence-electron chi connectivity index (χ0n) is 11.0. The van der Waals surface area contributed by atoms with Crippen LogP contribution in [-0.2, 0) is 6.54 Å². The molecule has 0 saturated heterocycles. The number of phenols is 1. The zero-order chi connectivity index (χ0) is 13.9. The summed E-state index contributed by atoms with van der Waals surface area (Å²) < 4.78 is 6.20. The van der Waals surface area contributed by atoms with Crippen LogP contribution in [0.5, 0.6) is 11.5 Å². The largest absolute Gasteiger partial charge is 0.504 e. The van der Waals surface area contributed by atoms with E-state index in [0.29, 0.717) is 12.3 Å². The van der Waals surface area contributed by atoms with Gasteiger partial charge in [0, 0.05) is 12.2 Å². The Labute approximate surface area is 120 Å². The fourth-order valence-corrected chi connectivity index (χ4v) is 2.68. The van der Waals surface area contributed by atoms with Crippen LogP contribution in [0.3, 0.4) is 0 Å². The minimum atomic E-state index is 0.154. The van der Waals surface area contributed by atoms with E-state index in [-0.39, 0.29) is 5.75 Å². The van der Waals surface area contributed by atoms with E-state index in [2.05, 4.69) is 16.4 Å². The summed E-state index contributed by atoms with van der Waals surface area (Å²) in [4.78, 5) is 4.29. The summed E-state index contributed by atoms with van der Waals surface area (Å²) in [6.45, 7) is 0.632. The van der Waals surface area contributed by atoms with Gasteiger partial charge in [-0.3, -0.25) is 0 Å². The van der Waals surface area contributed by atoms with Crippen LogP contribution in [0.15, 0.2) is 41.9 Å². The highest BCUT2D eigenvalue weighted by Gasteiger charge is 2.03. The fraction of sp³-hybridized carbons (Fsp3) is 0.133. The third kappa shape index (κ3) is 2.53. The molecule has 102 valence electrons. The fourth-order valence-electron chi connectivity index (χ4n) is 2.02. The number of fused-ring (bicyclic) bond motifs is 1. The molecule has 1 aromatic heterocycles. The van der Waals surface area contributed by atoms with Crippen molar-refractivity contribution in [2.24, 2.45) is 0 Å². The third-order valence-corrected chi connectivity index (χ3v) is 3.88. The number of aromatic nitrogens is 1. The topological polar surface area (TPSA) is 54.4 Å². The minimum absolute atomic E-state index is 0.154. The molecule has 0 atom stereocenters. The number of rotatable bonds is 4. The normalized spacial score (nSPS) is 10.7. The summed E-state index contributed by atoms with van der Waals surface area (Å²) in [7, 11) is 1.54. The van der Waals surface area contributed by atoms with E-state index < -0.39 is 0 Å². The summed E-state index contributed by atoms with van der Waals surface area (Å²) in [6.07, 6.45) is 0. The number of nitrogens with zero attached hydrogens (tertiary/aromatic N) is 1. The van der Waals surface area contributed by atoms with Crippen molar-refractivity contribution < 1.29 is 9.84 Å². The Bertz CT molecular complexity index is 740. The van der Waals surface area contributed by atoms with Crippen LogP contribution in [0.4, 0.5) is 5.69 Å². The van der Waals surface area contributed by atoms with Gasteiger partial charge in [-0.2, -0.15) is 0 Å². The van der Waals surface area contributed by atoms with Crippen molar-refractivity contribution in [2.75, 3.05) is 12.4 Å². The summed E-state index contributed by atoms with van der Waals surface area (Å²) >= 11 is 1.63. The van der Waals surface area contributed by atoms with E-state index >= 15 is 0 Å². The second-order valence-electron chi connectivity index (χ2n) is 4.39. The van der Waals surface area contributed by atoms with Crippen LogP contribution in [0.25, 0.3) is 10.2 Å². The van der Waals surface area contributed by atoms with Crippen molar-refractivity contribution in [1.82, 2.24) is 4.98 Å². The average molecular weight is 286 g/mol. The maximum absolute atomic E-state index is 9.74. The summed E-state index contributed by atoms with van der Waals surface area (Å²) in [5.74, 6) is 0.638. The maximum atomic E-state index is 9.74. The number of ether oxygens (including phenoxy) is 1. The summed E-state index contributed by atoms with van der Waals surface area (Å²) in [5.41, 5.74) is 4.84. The lowest BCUT2D eigenvalue weighted by molar-refractivity contribution is 0.373. The number of thiazole rings is 1. The Kier molecular flexibility index (Phi) is 3.43. The Hall–Kier alpha value is -2.27. The van der Waals surface area contributed by atoms with Crippen molar-refractivity contribution in [3.8, 4) is 11.5 Å². The number of phenolic OH excluding ortho intramolecular Hbond substituents is 1. The van der Waals surface area contributed by atoms with Crippen LogP contribution < -0.4 is 10.1 Å². The Morgan fingerprint density at radius 3 is 2.95 bits per heavy atom. The average Bonchev–Trinajstić information content (AvgIpc) is 2.92. The molecule has 0 aliphatic heterocycles. The molecule has 0 aliphatic carbocycles. The predicted octanol–water partition coefficient (Wildman–Crippen LogP) is 3.62. The summed E-state index contributed by atoms with van der Waals surface area (Å²) in [6, 6.07) is 11.5. The van der Waals surface area contributed by atoms with Gasteiger partial charge in [0.1, 0.15) is 0 Å². The number of hydrogen-bond acceptors (Lipinski definition) is 5. The second kappa shape index (κ2) is 5.38. The van der Waals surface area contributed by atoms with Crippen LogP contribution in [0.1, 0.15) is 5.56 Å². The molecule has 2 N–H and O–H groups in total. The quantitative estimate of drug-likeness (QED) is 0.769. The van der Waals surface area contributed by atoms with Crippen LogP contribution in [0.2, 0.25) is 0 Å². The number of nitrogens with one attached hydrogen (secondary N) is 1. The summed E-state index contributed by atoms with van der Waals surface area (Å²) in [5, 5.41) is 13.1. The molecule has 0 bridgehead atoms. The molecule has 4 nitrogen and oxygen atoms in total. The molecule has 1 heterocycles. The molecule has 0 fully saturated rings. The van der Waals surface area contributed by atoms with Gasteiger partial charge in [0.05, 0.1) is 22.8 Å². The van der Waals surface area contributed by atoms with Gasteiger partial charge in [-0.05, 0) is 35.9 Å². The Balaban J connectivity index is 1.73. The lowest BCUT2D eigenvalue weighted by Crippen LogP contribution is -1.99. The molecule has 0 amide bonds. The molecule has 0 spiro atoms. The first-order chi connectivity index (χ1) is 9.76. The van der Waals surface area contributed by atoms with E-state index in [0.717, 1.165) is 16.8 Å². The van der Waals surface area contributed by atoms with Crippen LogP contribution >= 0.6 is 11.3 Å². The number of aromatic hydroxyl groups is 1. The molecular weight excluding hydrogens is 272 g/mol. The first-order valence-electron chi connectivity index (χ1n) is 6.19. The molecular formula is C15H14N2O2S. The minimum Gasteiger partial charge on any atom is -0.504 e. The molecule has 0 saturated carbocycles. The van der Waals surface area contributed by atoms with Gasteiger partial charge >= 0.3 is 0 Å². The molecule has 3 rings (SSSR count). The molecule has 3 aromatic rings. The second-order valence-corrected chi connectivity index (χ2v) is 5.28. The molecule has 2 aromatic carbocycles. The Morgan fingerprint density at radius 2 is 2.15 bits per heavy atom. The number of methoxy groups -OCH3 is 1. The first kappa shape index (κ1) is 12.7. The smallest absolute Gasteiger partial charge is 0.160 e. The standard InChI is InChI=1S/C15H14N2O2S/c1-19-14-4-2-10(6-13(14)18)8-16-11-3-5-15-12(7-11)17-9-20-15/h2-7,9,16,18H,8H2,1H3. The van der Waals surface area contributed by atoms with Gasteiger partial charge in [-0.15, -0.1) is 11.3 Å². The van der Waals surface area contributed by atoms with Crippen molar-refractivity contribution in [2.45, 2.75) is 6.54 Å². The van der Waals surface area contributed by atoms with Gasteiger partial charge in [0.2, 0.25) is 0 Å². The van der Waals surface area contributed by atoms with E-state index in [1.807, 2.05) is 23.7 Å². The van der Waals surface area contributed by atoms with Crippen molar-refractivity contribution in [3.05, 3.63) is 47.5 Å². The number of hydrogen-bond donors (Lipinski definition) is 2. The number of benzene rings is 2. The molecule has 0 radical (unpaired) electrons. The highest BCUT2D eigenvalue weighted by Crippen LogP contribution is 2.27. The number of anilines is 1.